The zero-order chi connectivity index (χ0) is 17.6. The zero-order valence-corrected chi connectivity index (χ0v) is 15.8. The van der Waals surface area contributed by atoms with E-state index in [2.05, 4.69) is 30.0 Å². The normalized spacial score (nSPS) is 17.6. The first-order chi connectivity index (χ1) is 12.1. The summed E-state index contributed by atoms with van der Waals surface area (Å²) in [5.41, 5.74) is 2.42. The molecule has 1 N–H and O–H groups in total. The fraction of sp³-hybridized carbons (Fsp3) is 0.300. The van der Waals surface area contributed by atoms with Crippen molar-refractivity contribution >= 4 is 33.0 Å². The molecule has 0 spiro atoms. The summed E-state index contributed by atoms with van der Waals surface area (Å²) >= 11 is 8.40. The van der Waals surface area contributed by atoms with E-state index in [1.807, 2.05) is 18.2 Å². The van der Waals surface area contributed by atoms with Crippen molar-refractivity contribution in [2.24, 2.45) is 0 Å². The Bertz CT molecular complexity index is 937. The van der Waals surface area contributed by atoms with Crippen LogP contribution < -0.4 is 4.74 Å². The van der Waals surface area contributed by atoms with E-state index >= 15 is 0 Å². The van der Waals surface area contributed by atoms with Gasteiger partial charge in [0.05, 0.1) is 12.1 Å². The molecule has 0 bridgehead atoms. The Kier molecular flexibility index (Phi) is 4.36. The van der Waals surface area contributed by atoms with Crippen molar-refractivity contribution in [3.63, 3.8) is 0 Å². The molecule has 3 aromatic rings. The molecular formula is C20H20ClNO2S. The Morgan fingerprint density at radius 2 is 2.12 bits per heavy atom. The van der Waals surface area contributed by atoms with Gasteiger partial charge in [0.2, 0.25) is 0 Å². The van der Waals surface area contributed by atoms with Crippen molar-refractivity contribution in [2.75, 3.05) is 13.7 Å². The monoisotopic (exact) mass is 373 g/mol. The minimum Gasteiger partial charge on any atom is -0.504 e. The predicted molar refractivity (Wildman–Crippen MR) is 104 cm³/mol. The third-order valence-corrected chi connectivity index (χ3v) is 6.75. The van der Waals surface area contributed by atoms with Gasteiger partial charge in [-0.25, -0.2) is 0 Å². The van der Waals surface area contributed by atoms with Crippen LogP contribution in [0.2, 0.25) is 5.02 Å². The number of halogens is 1. The van der Waals surface area contributed by atoms with Crippen LogP contribution in [0.15, 0.2) is 36.4 Å². The number of thiophene rings is 1. The SMILES string of the molecule is COc1cc2c(cc1O)CCN(Cc1sc3ccccc3c1Cl)C2C. The summed E-state index contributed by atoms with van der Waals surface area (Å²) in [4.78, 5) is 3.65. The molecule has 2 aromatic carbocycles. The van der Waals surface area contributed by atoms with E-state index in [-0.39, 0.29) is 11.8 Å². The quantitative estimate of drug-likeness (QED) is 0.668. The number of phenols is 1. The molecule has 0 amide bonds. The van der Waals surface area contributed by atoms with Crippen LogP contribution in [0.3, 0.4) is 0 Å². The van der Waals surface area contributed by atoms with Gasteiger partial charge in [-0.1, -0.05) is 29.8 Å². The molecule has 2 heterocycles. The van der Waals surface area contributed by atoms with Gasteiger partial charge in [0.25, 0.3) is 0 Å². The van der Waals surface area contributed by atoms with Crippen molar-refractivity contribution < 1.29 is 9.84 Å². The van der Waals surface area contributed by atoms with Crippen molar-refractivity contribution in [2.45, 2.75) is 25.9 Å². The van der Waals surface area contributed by atoms with Gasteiger partial charge in [-0.3, -0.25) is 4.90 Å². The van der Waals surface area contributed by atoms with Crippen molar-refractivity contribution in [1.82, 2.24) is 4.90 Å². The largest absolute Gasteiger partial charge is 0.504 e. The molecule has 0 radical (unpaired) electrons. The van der Waals surface area contributed by atoms with Gasteiger partial charge in [0.15, 0.2) is 11.5 Å². The Hall–Kier alpha value is -1.75. The number of methoxy groups -OCH3 is 1. The molecule has 1 aliphatic heterocycles. The van der Waals surface area contributed by atoms with E-state index in [1.165, 1.54) is 20.7 Å². The molecule has 3 nitrogen and oxygen atoms in total. The average molecular weight is 374 g/mol. The first kappa shape index (κ1) is 16.7. The van der Waals surface area contributed by atoms with Crippen LogP contribution in [-0.2, 0) is 13.0 Å². The third kappa shape index (κ3) is 2.88. The van der Waals surface area contributed by atoms with Gasteiger partial charge >= 0.3 is 0 Å². The summed E-state index contributed by atoms with van der Waals surface area (Å²) in [5, 5.41) is 12.0. The van der Waals surface area contributed by atoms with E-state index < -0.39 is 0 Å². The fourth-order valence-electron chi connectivity index (χ4n) is 3.62. The zero-order valence-electron chi connectivity index (χ0n) is 14.3. The van der Waals surface area contributed by atoms with Crippen molar-refractivity contribution in [3.05, 3.63) is 57.4 Å². The summed E-state index contributed by atoms with van der Waals surface area (Å²) in [7, 11) is 1.59. The number of phenolic OH excluding ortho intramolecular Hbond substituents is 1. The van der Waals surface area contributed by atoms with Crippen LogP contribution in [0.1, 0.15) is 29.0 Å². The fourth-order valence-corrected chi connectivity index (χ4v) is 5.14. The van der Waals surface area contributed by atoms with E-state index in [0.29, 0.717) is 5.75 Å². The molecule has 0 fully saturated rings. The Balaban J connectivity index is 1.65. The number of rotatable bonds is 3. The first-order valence-corrected chi connectivity index (χ1v) is 9.57. The molecule has 4 rings (SSSR count). The molecular weight excluding hydrogens is 354 g/mol. The topological polar surface area (TPSA) is 32.7 Å². The maximum Gasteiger partial charge on any atom is 0.160 e. The molecule has 130 valence electrons. The smallest absolute Gasteiger partial charge is 0.160 e. The molecule has 0 saturated carbocycles. The molecule has 0 aliphatic carbocycles. The molecule has 1 aliphatic rings. The molecule has 5 heteroatoms. The number of hydrogen-bond donors (Lipinski definition) is 1. The van der Waals surface area contributed by atoms with Crippen LogP contribution in [0.25, 0.3) is 10.1 Å². The minimum atomic E-state index is 0.217. The van der Waals surface area contributed by atoms with E-state index in [0.717, 1.165) is 29.9 Å². The maximum absolute atomic E-state index is 10.0. The van der Waals surface area contributed by atoms with Crippen LogP contribution >= 0.6 is 22.9 Å². The van der Waals surface area contributed by atoms with E-state index in [1.54, 1.807) is 18.4 Å². The van der Waals surface area contributed by atoms with Gasteiger partial charge < -0.3 is 9.84 Å². The lowest BCUT2D eigenvalue weighted by atomic mass is 9.93. The number of hydrogen-bond acceptors (Lipinski definition) is 4. The van der Waals surface area contributed by atoms with Gasteiger partial charge in [0, 0.05) is 34.1 Å². The number of aromatic hydroxyl groups is 1. The summed E-state index contributed by atoms with van der Waals surface area (Å²) in [6, 6.07) is 12.3. The van der Waals surface area contributed by atoms with Gasteiger partial charge in [-0.15, -0.1) is 11.3 Å². The maximum atomic E-state index is 10.0. The van der Waals surface area contributed by atoms with Crippen molar-refractivity contribution in [1.29, 1.82) is 0 Å². The summed E-state index contributed by atoms with van der Waals surface area (Å²) in [5.74, 6) is 0.752. The Labute approximate surface area is 156 Å². The second kappa shape index (κ2) is 6.52. The molecule has 1 atom stereocenters. The number of benzene rings is 2. The summed E-state index contributed by atoms with van der Waals surface area (Å²) in [6.07, 6.45) is 0.916. The average Bonchev–Trinajstić information content (AvgIpc) is 2.93. The van der Waals surface area contributed by atoms with Crippen LogP contribution in [-0.4, -0.2) is 23.7 Å². The summed E-state index contributed by atoms with van der Waals surface area (Å²) in [6.45, 7) is 3.99. The molecule has 1 aromatic heterocycles. The highest BCUT2D eigenvalue weighted by molar-refractivity contribution is 7.19. The highest BCUT2D eigenvalue weighted by Gasteiger charge is 2.26. The van der Waals surface area contributed by atoms with E-state index in [9.17, 15) is 5.11 Å². The van der Waals surface area contributed by atoms with Crippen LogP contribution in [0, 0.1) is 0 Å². The second-order valence-corrected chi connectivity index (χ2v) is 7.97. The Morgan fingerprint density at radius 3 is 2.88 bits per heavy atom. The first-order valence-electron chi connectivity index (χ1n) is 8.38. The third-order valence-electron chi connectivity index (χ3n) is 5.06. The molecule has 25 heavy (non-hydrogen) atoms. The standard InChI is InChI=1S/C20H20ClNO2S/c1-12-15-10-17(24-2)16(23)9-13(15)7-8-22(12)11-19-20(21)14-5-3-4-6-18(14)25-19/h3-6,9-10,12,23H,7-8,11H2,1-2H3. The lowest BCUT2D eigenvalue weighted by Gasteiger charge is -2.35. The van der Waals surface area contributed by atoms with Gasteiger partial charge in [-0.05, 0) is 42.7 Å². The lowest BCUT2D eigenvalue weighted by Crippen LogP contribution is -2.33. The highest BCUT2D eigenvalue weighted by Crippen LogP contribution is 2.40. The number of fused-ring (bicyclic) bond motifs is 2. The summed E-state index contributed by atoms with van der Waals surface area (Å²) < 4.78 is 6.52. The molecule has 1 unspecified atom stereocenters. The second-order valence-electron chi connectivity index (χ2n) is 6.45. The van der Waals surface area contributed by atoms with Crippen molar-refractivity contribution in [3.8, 4) is 11.5 Å². The number of ether oxygens (including phenoxy) is 1. The lowest BCUT2D eigenvalue weighted by molar-refractivity contribution is 0.190. The molecule has 0 saturated heterocycles. The highest BCUT2D eigenvalue weighted by atomic mass is 35.5. The van der Waals surface area contributed by atoms with Gasteiger partial charge in [0.1, 0.15) is 0 Å². The van der Waals surface area contributed by atoms with E-state index in [4.69, 9.17) is 16.3 Å². The Morgan fingerprint density at radius 1 is 1.32 bits per heavy atom. The van der Waals surface area contributed by atoms with Gasteiger partial charge in [-0.2, -0.15) is 0 Å². The minimum absolute atomic E-state index is 0.217. The van der Waals surface area contributed by atoms with Crippen LogP contribution in [0.4, 0.5) is 0 Å². The number of nitrogens with zero attached hydrogens (tertiary/aromatic N) is 1. The predicted octanol–water partition coefficient (Wildman–Crippen LogP) is 5.39. The van der Waals surface area contributed by atoms with Crippen LogP contribution in [0.5, 0.6) is 11.5 Å².